The van der Waals surface area contributed by atoms with Crippen LogP contribution in [-0.2, 0) is 9.59 Å². The van der Waals surface area contributed by atoms with E-state index in [2.05, 4.69) is 4.98 Å². The average Bonchev–Trinajstić information content (AvgIpc) is 2.48. The van der Waals surface area contributed by atoms with Crippen LogP contribution in [0.5, 0.6) is 0 Å². The van der Waals surface area contributed by atoms with E-state index in [1.807, 2.05) is 0 Å². The van der Waals surface area contributed by atoms with Crippen molar-refractivity contribution in [2.45, 2.75) is 32.2 Å². The molecule has 2 N–H and O–H groups in total. The zero-order valence-electron chi connectivity index (χ0n) is 14.3. The Kier molecular flexibility index (Phi) is 2.35. The van der Waals surface area contributed by atoms with E-state index in [-0.39, 0.29) is 16.9 Å². The van der Waals surface area contributed by atoms with Crippen LogP contribution >= 0.6 is 0 Å². The van der Waals surface area contributed by atoms with Crippen LogP contribution in [0.3, 0.4) is 0 Å². The molecular formula is C15H15N3O3. The number of fused-ring (bicyclic) bond motifs is 1. The van der Waals surface area contributed by atoms with Crippen LogP contribution in [0.1, 0.15) is 35.2 Å². The van der Waals surface area contributed by atoms with E-state index < -0.39 is 42.4 Å². The number of carbonyl (C=O) groups excluding carboxylic acids is 2. The summed E-state index contributed by atoms with van der Waals surface area (Å²) < 4.78 is 24.8. The Morgan fingerprint density at radius 1 is 1.38 bits per heavy atom. The molecule has 6 nitrogen and oxygen atoms in total. The van der Waals surface area contributed by atoms with E-state index in [0.29, 0.717) is 5.52 Å². The fourth-order valence-electron chi connectivity index (χ4n) is 2.49. The molecule has 1 aromatic heterocycles. The zero-order chi connectivity index (χ0) is 17.8. The van der Waals surface area contributed by atoms with Gasteiger partial charge in [0.05, 0.1) is 23.4 Å². The van der Waals surface area contributed by atoms with Crippen molar-refractivity contribution in [2.75, 3.05) is 5.73 Å². The first-order valence-electron chi connectivity index (χ1n) is 7.99. The minimum atomic E-state index is -2.51. The van der Waals surface area contributed by atoms with E-state index >= 15 is 0 Å². The van der Waals surface area contributed by atoms with Crippen LogP contribution in [0.2, 0.25) is 0 Å². The summed E-state index contributed by atoms with van der Waals surface area (Å²) in [6.45, 7) is 1.47. The average molecular weight is 288 g/mol. The lowest BCUT2D eigenvalue weighted by atomic mass is 9.92. The molecule has 0 bridgehead atoms. The predicted molar refractivity (Wildman–Crippen MR) is 78.1 cm³/mol. The van der Waals surface area contributed by atoms with E-state index in [1.165, 1.54) is 13.0 Å². The molecule has 0 aliphatic heterocycles. The molecular weight excluding hydrogens is 270 g/mol. The number of carbonyl (C=O) groups is 2. The Labute approximate surface area is 124 Å². The first kappa shape index (κ1) is 10.3. The number of benzene rings is 1. The van der Waals surface area contributed by atoms with Gasteiger partial charge < -0.3 is 5.73 Å². The highest BCUT2D eigenvalue weighted by molar-refractivity contribution is 6.03. The smallest absolute Gasteiger partial charge is 0.264 e. The summed E-state index contributed by atoms with van der Waals surface area (Å²) in [5, 5.41) is 0.0881. The molecule has 1 aliphatic rings. The molecule has 2 aromatic rings. The summed E-state index contributed by atoms with van der Waals surface area (Å²) in [7, 11) is 0. The van der Waals surface area contributed by atoms with Crippen LogP contribution in [0.15, 0.2) is 23.0 Å². The number of aryl methyl sites for hydroxylation is 1. The molecule has 0 spiro atoms. The summed E-state index contributed by atoms with van der Waals surface area (Å²) in [4.78, 5) is 41.1. The number of Topliss-reactive ketones (excluding diaryl/α,β-unsaturated/α-hetero) is 2. The van der Waals surface area contributed by atoms with Gasteiger partial charge in [0.15, 0.2) is 5.78 Å². The third-order valence-corrected chi connectivity index (χ3v) is 3.45. The topological polar surface area (TPSA) is 95.1 Å². The van der Waals surface area contributed by atoms with Gasteiger partial charge in [0.25, 0.3) is 5.56 Å². The number of nitrogens with two attached hydrogens (primary N) is 1. The summed E-state index contributed by atoms with van der Waals surface area (Å²) in [6.07, 6.45) is -4.83. The van der Waals surface area contributed by atoms with Gasteiger partial charge in [0.2, 0.25) is 0 Å². The largest absolute Gasteiger partial charge is 0.398 e. The molecule has 1 fully saturated rings. The third-order valence-electron chi connectivity index (χ3n) is 3.45. The number of hydrogen-bond donors (Lipinski definition) is 1. The van der Waals surface area contributed by atoms with Crippen LogP contribution in [0, 0.1) is 6.92 Å². The first-order valence-corrected chi connectivity index (χ1v) is 6.41. The molecule has 2 atom stereocenters. The molecule has 0 saturated heterocycles. The number of nitrogens with zero attached hydrogens (tertiary/aromatic N) is 2. The monoisotopic (exact) mass is 288 g/mol. The van der Waals surface area contributed by atoms with Crippen molar-refractivity contribution in [1.29, 1.82) is 0 Å². The molecule has 1 aliphatic carbocycles. The maximum absolute atomic E-state index is 12.9. The Bertz CT molecular complexity index is 939. The second-order valence-corrected chi connectivity index (χ2v) is 4.90. The minimum absolute atomic E-state index is 0.0881. The molecule has 21 heavy (non-hydrogen) atoms. The van der Waals surface area contributed by atoms with Crippen molar-refractivity contribution >= 4 is 28.2 Å². The SMILES string of the molecule is [2H]C1C(=O)CC(=O)C(n2c(C)nc3cccc(N)c3c2=O)C1([2H])[2H]. The first-order chi connectivity index (χ1) is 11.2. The van der Waals surface area contributed by atoms with Gasteiger partial charge in [0, 0.05) is 16.2 Å². The fraction of sp³-hybridized carbons (Fsp3) is 0.333. The molecule has 6 heteroatoms. The number of hydrogen-bond acceptors (Lipinski definition) is 5. The van der Waals surface area contributed by atoms with Gasteiger partial charge in [-0.2, -0.15) is 0 Å². The molecule has 1 saturated carbocycles. The standard InChI is InChI=1S/C15H15N3O3/c1-8-17-11-4-2-3-10(16)14(11)15(21)18(8)12-6-5-9(19)7-13(12)20/h2-4,12H,5-7,16H2,1H3/i5D,6D2. The molecule has 1 heterocycles. The Morgan fingerprint density at radius 3 is 2.90 bits per heavy atom. The highest BCUT2D eigenvalue weighted by Crippen LogP contribution is 2.24. The van der Waals surface area contributed by atoms with E-state index in [1.54, 1.807) is 12.1 Å². The van der Waals surface area contributed by atoms with Gasteiger partial charge in [-0.3, -0.25) is 19.0 Å². The summed E-state index contributed by atoms with van der Waals surface area (Å²) >= 11 is 0. The van der Waals surface area contributed by atoms with Gasteiger partial charge in [-0.1, -0.05) is 6.07 Å². The van der Waals surface area contributed by atoms with Crippen LogP contribution in [-0.4, -0.2) is 21.1 Å². The Balaban J connectivity index is 2.33. The number of anilines is 1. The summed E-state index contributed by atoms with van der Waals surface area (Å²) in [5.74, 6) is -1.41. The number of aromatic nitrogens is 2. The van der Waals surface area contributed by atoms with Crippen molar-refractivity contribution < 1.29 is 13.7 Å². The highest BCUT2D eigenvalue weighted by Gasteiger charge is 2.30. The van der Waals surface area contributed by atoms with Crippen LogP contribution in [0.4, 0.5) is 5.69 Å². The van der Waals surface area contributed by atoms with Crippen molar-refractivity contribution in [3.05, 3.63) is 34.4 Å². The molecule has 3 rings (SSSR count). The van der Waals surface area contributed by atoms with Gasteiger partial charge in [-0.05, 0) is 25.4 Å². The summed E-state index contributed by atoms with van der Waals surface area (Å²) in [5.41, 5.74) is 5.69. The van der Waals surface area contributed by atoms with Crippen molar-refractivity contribution in [2.24, 2.45) is 0 Å². The van der Waals surface area contributed by atoms with E-state index in [0.717, 1.165) is 4.57 Å². The van der Waals surface area contributed by atoms with Gasteiger partial charge >= 0.3 is 0 Å². The molecule has 108 valence electrons. The van der Waals surface area contributed by atoms with Gasteiger partial charge in [-0.15, -0.1) is 0 Å². The number of rotatable bonds is 1. The van der Waals surface area contributed by atoms with Crippen LogP contribution in [0.25, 0.3) is 10.9 Å². The van der Waals surface area contributed by atoms with Crippen molar-refractivity contribution in [3.8, 4) is 0 Å². The summed E-state index contributed by atoms with van der Waals surface area (Å²) in [6, 6.07) is 3.16. The Hall–Kier alpha value is -2.50. The normalized spacial score (nSPS) is 27.2. The van der Waals surface area contributed by atoms with Gasteiger partial charge in [-0.25, -0.2) is 4.98 Å². The predicted octanol–water partition coefficient (Wildman–Crippen LogP) is 1.15. The maximum atomic E-state index is 12.9. The molecule has 1 aromatic carbocycles. The fourth-order valence-corrected chi connectivity index (χ4v) is 2.49. The second kappa shape index (κ2) is 4.80. The quantitative estimate of drug-likeness (QED) is 0.627. The number of ketones is 2. The van der Waals surface area contributed by atoms with Crippen LogP contribution < -0.4 is 11.3 Å². The lowest BCUT2D eigenvalue weighted by Gasteiger charge is -2.24. The second-order valence-electron chi connectivity index (χ2n) is 4.90. The van der Waals surface area contributed by atoms with E-state index in [9.17, 15) is 14.4 Å². The molecule has 2 unspecified atom stereocenters. The zero-order valence-corrected chi connectivity index (χ0v) is 11.3. The van der Waals surface area contributed by atoms with E-state index in [4.69, 9.17) is 9.85 Å². The third kappa shape index (κ3) is 2.12. The van der Waals surface area contributed by atoms with Crippen molar-refractivity contribution in [1.82, 2.24) is 9.55 Å². The maximum Gasteiger partial charge on any atom is 0.264 e. The molecule has 0 radical (unpaired) electrons. The number of nitrogen functional groups attached to an aromatic ring is 1. The minimum Gasteiger partial charge on any atom is -0.398 e. The molecule has 0 amide bonds. The Morgan fingerprint density at radius 2 is 2.14 bits per heavy atom. The lowest BCUT2D eigenvalue weighted by Crippen LogP contribution is -2.36. The lowest BCUT2D eigenvalue weighted by molar-refractivity contribution is -0.132. The van der Waals surface area contributed by atoms with Gasteiger partial charge in [0.1, 0.15) is 11.6 Å². The van der Waals surface area contributed by atoms with Crippen molar-refractivity contribution in [3.63, 3.8) is 0 Å². The highest BCUT2D eigenvalue weighted by atomic mass is 16.2.